The van der Waals surface area contributed by atoms with Crippen molar-refractivity contribution in [3.05, 3.63) is 279 Å². The fraction of sp³-hybridized carbons (Fsp3) is 0.333. The maximum atomic E-state index is 14.6. The number of methoxy groups -OCH3 is 3. The van der Waals surface area contributed by atoms with Crippen LogP contribution in [0.4, 0.5) is 14.4 Å². The van der Waals surface area contributed by atoms with Gasteiger partial charge < -0.3 is 58.4 Å². The van der Waals surface area contributed by atoms with E-state index < -0.39 is 24.2 Å². The molecule has 3 saturated heterocycles. The van der Waals surface area contributed by atoms with Gasteiger partial charge in [0.05, 0.1) is 81.6 Å². The number of carbonyl (C=O) groups excluding carboxylic acids is 5. The van der Waals surface area contributed by atoms with Crippen molar-refractivity contribution in [2.24, 2.45) is 15.0 Å². The molecule has 24 nitrogen and oxygen atoms in total. The number of hydrogen-bond donors (Lipinski definition) is 2. The summed E-state index contributed by atoms with van der Waals surface area (Å²) in [4.78, 5) is 97.9. The zero-order valence-corrected chi connectivity index (χ0v) is 75.9. The van der Waals surface area contributed by atoms with Crippen LogP contribution in [0, 0.1) is 0 Å². The predicted octanol–water partition coefficient (Wildman–Crippen LogP) is 18.4. The lowest BCUT2D eigenvalue weighted by Gasteiger charge is -2.39. The van der Waals surface area contributed by atoms with Crippen molar-refractivity contribution in [3.8, 4) is 34.5 Å². The van der Waals surface area contributed by atoms with E-state index in [1.165, 1.54) is 0 Å². The van der Waals surface area contributed by atoms with Crippen LogP contribution in [0.25, 0.3) is 0 Å². The van der Waals surface area contributed by atoms with Gasteiger partial charge in [-0.05, 0) is 177 Å². The number of nitrogens with zero attached hydrogens (tertiary/aromatic N) is 11. The number of aliphatic imine (C=N–C) groups is 3. The van der Waals surface area contributed by atoms with Crippen molar-refractivity contribution < 1.29 is 57.5 Å². The van der Waals surface area contributed by atoms with Gasteiger partial charge in [-0.1, -0.05) is 151 Å². The van der Waals surface area contributed by atoms with E-state index in [2.05, 4.69) is 66.3 Å². The number of rotatable bonds is 20. The lowest BCUT2D eigenvalue weighted by atomic mass is 9.93. The average Bonchev–Trinajstić information content (AvgIpc) is 1.61. The molecule has 0 saturated carbocycles. The van der Waals surface area contributed by atoms with E-state index >= 15 is 0 Å². The third-order valence-corrected chi connectivity index (χ3v) is 23.8. The second-order valence-electron chi connectivity index (χ2n) is 30.5. The number of carbonyl (C=O) groups is 5. The first-order valence-electron chi connectivity index (χ1n) is 40.7. The Kier molecular flexibility index (Phi) is 30.4. The van der Waals surface area contributed by atoms with Crippen LogP contribution in [0.5, 0.6) is 34.5 Å². The Morgan fingerprint density at radius 1 is 0.439 bits per heavy atom. The number of piperazine rings is 3. The first-order chi connectivity index (χ1) is 59.3. The minimum absolute atomic E-state index is 0.000995. The Bertz CT molecular complexity index is 5320. The Labute approximate surface area is 754 Å². The van der Waals surface area contributed by atoms with Crippen LogP contribution in [0.3, 0.4) is 0 Å². The molecule has 3 fully saturated rings. The number of hydrogen-bond acceptors (Lipinski definition) is 16. The second kappa shape index (κ2) is 41.4. The van der Waals surface area contributed by atoms with E-state index in [4.69, 9.17) is 89.8 Å². The second-order valence-corrected chi connectivity index (χ2v) is 34.0. The highest BCUT2D eigenvalue weighted by Crippen LogP contribution is 2.50. The maximum absolute atomic E-state index is 14.6. The molecular formula is C93H98Br2Cl4N12O12. The van der Waals surface area contributed by atoms with Gasteiger partial charge in [0.2, 0.25) is 11.8 Å². The monoisotopic (exact) mass is 1870 g/mol. The van der Waals surface area contributed by atoms with Crippen molar-refractivity contribution in [1.29, 1.82) is 0 Å². The van der Waals surface area contributed by atoms with Crippen LogP contribution >= 0.6 is 78.3 Å². The summed E-state index contributed by atoms with van der Waals surface area (Å²) < 4.78 is 36.9. The first-order valence-corrected chi connectivity index (χ1v) is 43.8. The SMILES string of the molecule is CCOc1cc(OC)ccc1C1=NC(c2ccc(Br)cc2)C(c2ccc(Br)cc2)N1C(=O)N1CCN(CCO)CC1.COc1ccc(C2=NC(c3ccc(Cl)cc3)C(c3ccc(Cl)cc3)N2C(=O)N2CCN(C(C)=O)CC2)c(OC(C)C)c1.COc1ccc(C2=NC(c3ccc(Cl)cc3)C(c3ccc(Cl)cc3)N2C(=O)N2CCNC(=O)C2)c(OC(C)C)c1. The van der Waals surface area contributed by atoms with Crippen molar-refractivity contribution in [2.45, 2.75) is 90.0 Å². The van der Waals surface area contributed by atoms with Gasteiger partial charge in [-0.3, -0.25) is 44.2 Å². The maximum Gasteiger partial charge on any atom is 0.326 e. The number of nitrogens with one attached hydrogen (secondary N) is 1. The van der Waals surface area contributed by atoms with Gasteiger partial charge in [0, 0.05) is 126 Å². The molecule has 8 amide bonds. The third-order valence-electron chi connectivity index (χ3n) is 21.8. The molecule has 6 aliphatic heterocycles. The molecule has 0 spiro atoms. The fourth-order valence-corrected chi connectivity index (χ4v) is 16.8. The molecule has 123 heavy (non-hydrogen) atoms. The number of β-amino-alcohol motifs (C(OH)–C–C–N with tert-alkyl or cyclic N) is 1. The highest BCUT2D eigenvalue weighted by molar-refractivity contribution is 9.10. The molecule has 6 atom stereocenters. The lowest BCUT2D eigenvalue weighted by molar-refractivity contribution is -0.130. The Balaban J connectivity index is 0.000000159. The van der Waals surface area contributed by atoms with Gasteiger partial charge in [-0.2, -0.15) is 0 Å². The molecule has 644 valence electrons. The highest BCUT2D eigenvalue weighted by atomic mass is 79.9. The predicted molar refractivity (Wildman–Crippen MR) is 487 cm³/mol. The van der Waals surface area contributed by atoms with E-state index in [1.54, 1.807) is 71.0 Å². The minimum Gasteiger partial charge on any atom is -0.497 e. The van der Waals surface area contributed by atoms with Crippen LogP contribution < -0.4 is 33.7 Å². The molecule has 30 heteroatoms. The third kappa shape index (κ3) is 21.3. The van der Waals surface area contributed by atoms with Gasteiger partial charge in [0.1, 0.15) is 76.7 Å². The zero-order chi connectivity index (χ0) is 87.3. The average molecular weight is 1880 g/mol. The fourth-order valence-electron chi connectivity index (χ4n) is 15.8. The van der Waals surface area contributed by atoms with E-state index in [1.807, 2.05) is 202 Å². The van der Waals surface area contributed by atoms with Crippen molar-refractivity contribution in [1.82, 2.24) is 44.5 Å². The Morgan fingerprint density at radius 2 is 0.756 bits per heavy atom. The van der Waals surface area contributed by atoms with E-state index in [0.29, 0.717) is 162 Å². The summed E-state index contributed by atoms with van der Waals surface area (Å²) in [5.41, 5.74) is 7.57. The largest absolute Gasteiger partial charge is 0.497 e. The van der Waals surface area contributed by atoms with Crippen LogP contribution in [0.15, 0.2) is 224 Å². The number of benzene rings is 9. The van der Waals surface area contributed by atoms with E-state index in [-0.39, 0.29) is 67.4 Å². The smallest absolute Gasteiger partial charge is 0.326 e. The number of amidine groups is 3. The molecule has 6 aliphatic rings. The van der Waals surface area contributed by atoms with Crippen LogP contribution in [-0.2, 0) is 9.59 Å². The van der Waals surface area contributed by atoms with E-state index in [9.17, 15) is 29.1 Å². The molecule has 6 heterocycles. The molecule has 15 rings (SSSR count). The van der Waals surface area contributed by atoms with Gasteiger partial charge in [-0.25, -0.2) is 14.4 Å². The topological polar surface area (TPSA) is 236 Å². The Morgan fingerprint density at radius 3 is 1.09 bits per heavy atom. The number of halogens is 6. The van der Waals surface area contributed by atoms with Gasteiger partial charge in [-0.15, -0.1) is 0 Å². The van der Waals surface area contributed by atoms with Gasteiger partial charge >= 0.3 is 18.1 Å². The summed E-state index contributed by atoms with van der Waals surface area (Å²) in [5, 5.41) is 14.6. The minimum atomic E-state index is -0.528. The van der Waals surface area contributed by atoms with Crippen molar-refractivity contribution in [3.63, 3.8) is 0 Å². The molecule has 0 aliphatic carbocycles. The molecule has 6 unspecified atom stereocenters. The summed E-state index contributed by atoms with van der Waals surface area (Å²) in [6, 6.07) is 59.5. The normalized spacial score (nSPS) is 19.0. The highest BCUT2D eigenvalue weighted by Gasteiger charge is 2.49. The van der Waals surface area contributed by atoms with Crippen LogP contribution in [-0.4, -0.2) is 217 Å². The van der Waals surface area contributed by atoms with E-state index in [0.717, 1.165) is 47.9 Å². The molecule has 0 aromatic heterocycles. The summed E-state index contributed by atoms with van der Waals surface area (Å²) in [6.45, 7) is 17.5. The van der Waals surface area contributed by atoms with Crippen molar-refractivity contribution in [2.75, 3.05) is 113 Å². The summed E-state index contributed by atoms with van der Waals surface area (Å²) >= 11 is 32.1. The molecule has 0 radical (unpaired) electrons. The quantitative estimate of drug-likeness (QED) is 0.0723. The number of urea groups is 3. The summed E-state index contributed by atoms with van der Waals surface area (Å²) in [6.07, 6.45) is -0.261. The Hall–Kier alpha value is -10.4. The standard InChI is InChI=1S/C32H34Cl2N4O4.C31H34Br2N4O4.C30H30Cl2N4O4/c1-20(2)42-28-19-26(41-4)13-14-27(28)31-35-29(22-5-9-24(33)10-6-22)30(23-7-11-25(34)12-8-23)38(31)32(40)37-17-15-36(16-18-37)21(3)39;1-3-41-27-20-25(40-2)12-13-26(27)30-34-28(21-4-8-23(32)9-5-21)29(22-6-10-24(33)11-7-22)37(30)31(39)36-16-14-35(15-17-36)18-19-38;1-18(2)40-25-16-23(39-3)12-13-24(25)29-34-27(19-4-8-21(31)9-5-19)28(20-6-10-22(32)11-7-20)36(29)30(38)35-15-14-33-26(37)17-35/h5-14,19-20,29-30H,15-18H2,1-4H3;4-13,20,28-29,38H,3,14-19H2,1-2H3;4-13,16,18,27-28H,14-15,17H2,1-3H3,(H,33,37). The zero-order valence-electron chi connectivity index (χ0n) is 69.7. The molecule has 9 aromatic carbocycles. The van der Waals surface area contributed by atoms with Crippen LogP contribution in [0.2, 0.25) is 20.1 Å². The lowest BCUT2D eigenvalue weighted by Crippen LogP contribution is -2.55. The first kappa shape index (κ1) is 90.3. The van der Waals surface area contributed by atoms with Crippen LogP contribution in [0.1, 0.15) is 128 Å². The number of amides is 8. The number of ether oxygens (including phenoxy) is 6. The molecule has 0 bridgehead atoms. The number of aliphatic hydroxyl groups excluding tert-OH is 1. The van der Waals surface area contributed by atoms with Crippen molar-refractivity contribution >= 4 is 126 Å². The summed E-state index contributed by atoms with van der Waals surface area (Å²) in [5.74, 6) is 4.93. The molecule has 9 aromatic rings. The number of aliphatic hydroxyl groups is 1. The van der Waals surface area contributed by atoms with Gasteiger partial charge in [0.15, 0.2) is 0 Å². The van der Waals surface area contributed by atoms with Gasteiger partial charge in [0.25, 0.3) is 0 Å². The molecular weight excluding hydrogens is 1780 g/mol. The molecule has 2 N–H and O–H groups in total. The summed E-state index contributed by atoms with van der Waals surface area (Å²) in [7, 11) is 4.81.